The van der Waals surface area contributed by atoms with Crippen molar-refractivity contribution in [3.63, 3.8) is 0 Å². The van der Waals surface area contributed by atoms with E-state index >= 15 is 0 Å². The first kappa shape index (κ1) is 23.6. The van der Waals surface area contributed by atoms with Crippen LogP contribution in [0.4, 0.5) is 9.18 Å². The summed E-state index contributed by atoms with van der Waals surface area (Å²) in [6.07, 6.45) is 1.59. The van der Waals surface area contributed by atoms with E-state index in [1.807, 2.05) is 0 Å². The smallest absolute Gasteiger partial charge is 0.293 e. The van der Waals surface area contributed by atoms with Crippen LogP contribution in [0.5, 0.6) is 5.75 Å². The van der Waals surface area contributed by atoms with Gasteiger partial charge in [-0.25, -0.2) is 4.39 Å². The number of hydrogen-bond donors (Lipinski definition) is 0. The number of ether oxygens (including phenoxy) is 1. The van der Waals surface area contributed by atoms with Crippen molar-refractivity contribution in [2.45, 2.75) is 13.2 Å². The van der Waals surface area contributed by atoms with Crippen LogP contribution in [0.15, 0.2) is 65.6 Å². The highest BCUT2D eigenvalue weighted by Crippen LogP contribution is 2.35. The van der Waals surface area contributed by atoms with Gasteiger partial charge in [-0.05, 0) is 59.8 Å². The van der Waals surface area contributed by atoms with Crippen LogP contribution in [0, 0.1) is 5.82 Å². The van der Waals surface area contributed by atoms with E-state index in [9.17, 15) is 14.0 Å². The minimum Gasteiger partial charge on any atom is -0.489 e. The van der Waals surface area contributed by atoms with Gasteiger partial charge in [0.15, 0.2) is 0 Å². The Hall–Kier alpha value is -2.51. The minimum atomic E-state index is -0.573. The molecule has 9 heteroatoms. The molecule has 168 valence electrons. The molecular weight excluding hydrogens is 508 g/mol. The molecule has 0 spiro atoms. The van der Waals surface area contributed by atoms with Crippen molar-refractivity contribution in [3.8, 4) is 5.75 Å². The third-order valence-electron chi connectivity index (χ3n) is 4.82. The molecule has 3 aromatic carbocycles. The zero-order chi connectivity index (χ0) is 23.5. The normalized spacial score (nSPS) is 14.9. The summed E-state index contributed by atoms with van der Waals surface area (Å²) in [5.74, 6) is -0.521. The average Bonchev–Trinajstić information content (AvgIpc) is 3.03. The lowest BCUT2D eigenvalue weighted by atomic mass is 10.1. The molecule has 1 fully saturated rings. The molecule has 0 unspecified atom stereocenters. The topological polar surface area (TPSA) is 46.6 Å². The van der Waals surface area contributed by atoms with Crippen LogP contribution < -0.4 is 4.74 Å². The second-order valence-electron chi connectivity index (χ2n) is 7.06. The number of rotatable bonds is 6. The first-order chi connectivity index (χ1) is 15.8. The molecule has 0 bridgehead atoms. The lowest BCUT2D eigenvalue weighted by Gasteiger charge is -2.14. The highest BCUT2D eigenvalue weighted by Gasteiger charge is 2.35. The van der Waals surface area contributed by atoms with Crippen molar-refractivity contribution >= 4 is 63.8 Å². The second kappa shape index (κ2) is 10.2. The van der Waals surface area contributed by atoms with Crippen LogP contribution in [-0.2, 0) is 17.9 Å². The molecule has 1 saturated heterocycles. The Labute approximate surface area is 208 Å². The third kappa shape index (κ3) is 5.53. The number of halogens is 4. The molecule has 0 saturated carbocycles. The lowest BCUT2D eigenvalue weighted by Crippen LogP contribution is -2.28. The Morgan fingerprint density at radius 3 is 2.52 bits per heavy atom. The van der Waals surface area contributed by atoms with Crippen LogP contribution in [0.2, 0.25) is 15.1 Å². The lowest BCUT2D eigenvalue weighted by molar-refractivity contribution is -0.123. The number of thioether (sulfide) groups is 1. The summed E-state index contributed by atoms with van der Waals surface area (Å²) in [6, 6.07) is 16.4. The number of imide groups is 1. The number of carbonyl (C=O) groups excluding carboxylic acids is 2. The highest BCUT2D eigenvalue weighted by atomic mass is 35.5. The number of benzene rings is 3. The fraction of sp³-hybridized carbons (Fsp3) is 0.0833. The van der Waals surface area contributed by atoms with Gasteiger partial charge >= 0.3 is 0 Å². The van der Waals surface area contributed by atoms with Crippen molar-refractivity contribution in [3.05, 3.63) is 103 Å². The van der Waals surface area contributed by atoms with E-state index in [0.29, 0.717) is 21.4 Å². The average molecular weight is 523 g/mol. The minimum absolute atomic E-state index is 0.0963. The van der Waals surface area contributed by atoms with Gasteiger partial charge in [0.2, 0.25) is 0 Å². The summed E-state index contributed by atoms with van der Waals surface area (Å²) in [6.45, 7) is -0.00210. The molecule has 0 N–H and O–H groups in total. The summed E-state index contributed by atoms with van der Waals surface area (Å²) in [5, 5.41) is 0.707. The fourth-order valence-corrected chi connectivity index (χ4v) is 4.65. The molecule has 0 atom stereocenters. The Balaban J connectivity index is 1.48. The van der Waals surface area contributed by atoms with Gasteiger partial charge in [0.25, 0.3) is 11.1 Å². The van der Waals surface area contributed by atoms with E-state index in [2.05, 4.69) is 0 Å². The molecule has 0 aromatic heterocycles. The number of nitrogens with zero attached hydrogens (tertiary/aromatic N) is 1. The van der Waals surface area contributed by atoms with Crippen LogP contribution in [0.3, 0.4) is 0 Å². The Bertz CT molecular complexity index is 1260. The first-order valence-electron chi connectivity index (χ1n) is 9.67. The Morgan fingerprint density at radius 1 is 0.970 bits per heavy atom. The number of hydrogen-bond acceptors (Lipinski definition) is 4. The summed E-state index contributed by atoms with van der Waals surface area (Å²) in [4.78, 5) is 26.4. The fourth-order valence-electron chi connectivity index (χ4n) is 3.12. The summed E-state index contributed by atoms with van der Waals surface area (Å²) in [7, 11) is 0. The zero-order valence-electron chi connectivity index (χ0n) is 16.9. The zero-order valence-corrected chi connectivity index (χ0v) is 19.9. The summed E-state index contributed by atoms with van der Waals surface area (Å²) < 4.78 is 19.9. The predicted molar refractivity (Wildman–Crippen MR) is 130 cm³/mol. The second-order valence-corrected chi connectivity index (χ2v) is 9.31. The van der Waals surface area contributed by atoms with Crippen LogP contribution in [0.1, 0.15) is 16.7 Å². The van der Waals surface area contributed by atoms with Gasteiger partial charge in [0.1, 0.15) is 18.2 Å². The van der Waals surface area contributed by atoms with Crippen LogP contribution >= 0.6 is 46.6 Å². The van der Waals surface area contributed by atoms with Crippen LogP contribution in [0.25, 0.3) is 6.08 Å². The molecule has 1 aliphatic heterocycles. The maximum atomic E-state index is 14.1. The SMILES string of the molecule is O=C1S/C(=C\c2cccc(OCc3ccc(Cl)cc3Cl)c2)C(=O)N1Cc1c(F)cccc1Cl. The molecule has 4 nitrogen and oxygen atoms in total. The van der Waals surface area contributed by atoms with Crippen molar-refractivity contribution < 1.29 is 18.7 Å². The van der Waals surface area contributed by atoms with Crippen LogP contribution in [-0.4, -0.2) is 16.0 Å². The van der Waals surface area contributed by atoms with E-state index in [0.717, 1.165) is 22.2 Å². The number of carbonyl (C=O) groups is 2. The van der Waals surface area contributed by atoms with Gasteiger partial charge in [-0.1, -0.05) is 59.1 Å². The molecule has 2 amide bonds. The largest absolute Gasteiger partial charge is 0.489 e. The molecule has 33 heavy (non-hydrogen) atoms. The van der Waals surface area contributed by atoms with Crippen molar-refractivity contribution in [1.82, 2.24) is 4.90 Å². The predicted octanol–water partition coefficient (Wildman–Crippen LogP) is 7.60. The van der Waals surface area contributed by atoms with Crippen molar-refractivity contribution in [1.29, 1.82) is 0 Å². The van der Waals surface area contributed by atoms with Gasteiger partial charge in [-0.2, -0.15) is 0 Å². The van der Waals surface area contributed by atoms with Gasteiger partial charge in [-0.15, -0.1) is 0 Å². The standard InChI is InChI=1S/C24H15Cl3FNO3S/c25-16-8-7-15(20(27)11-16)13-32-17-4-1-3-14(9-17)10-22-23(30)29(24(31)33-22)12-18-19(26)5-2-6-21(18)28/h1-11H,12-13H2/b22-10-. The van der Waals surface area contributed by atoms with Crippen molar-refractivity contribution in [2.24, 2.45) is 0 Å². The van der Waals surface area contributed by atoms with E-state index < -0.39 is 17.0 Å². The van der Waals surface area contributed by atoms with Gasteiger partial charge < -0.3 is 4.74 Å². The summed E-state index contributed by atoms with van der Waals surface area (Å²) >= 11 is 18.9. The van der Waals surface area contributed by atoms with E-state index in [-0.39, 0.29) is 28.6 Å². The van der Waals surface area contributed by atoms with Crippen molar-refractivity contribution in [2.75, 3.05) is 0 Å². The Morgan fingerprint density at radius 2 is 1.76 bits per heavy atom. The van der Waals surface area contributed by atoms with Gasteiger partial charge in [-0.3, -0.25) is 14.5 Å². The monoisotopic (exact) mass is 521 g/mol. The van der Waals surface area contributed by atoms with Gasteiger partial charge in [0, 0.05) is 26.2 Å². The quantitative estimate of drug-likeness (QED) is 0.313. The molecule has 1 heterocycles. The van der Waals surface area contributed by atoms with E-state index in [1.54, 1.807) is 48.5 Å². The van der Waals surface area contributed by atoms with Gasteiger partial charge in [0.05, 0.1) is 11.4 Å². The third-order valence-corrected chi connectivity index (χ3v) is 6.67. The van der Waals surface area contributed by atoms with E-state index in [1.165, 1.54) is 18.2 Å². The molecule has 0 aliphatic carbocycles. The molecule has 0 radical (unpaired) electrons. The first-order valence-corrected chi connectivity index (χ1v) is 11.6. The molecule has 1 aliphatic rings. The summed E-state index contributed by atoms with van der Waals surface area (Å²) in [5.41, 5.74) is 1.54. The maximum Gasteiger partial charge on any atom is 0.293 e. The Kier molecular flexibility index (Phi) is 7.29. The molecule has 3 aromatic rings. The maximum absolute atomic E-state index is 14.1. The number of amides is 2. The highest BCUT2D eigenvalue weighted by molar-refractivity contribution is 8.18. The molecule has 4 rings (SSSR count). The molecular formula is C24H15Cl3FNO3S. The van der Waals surface area contributed by atoms with E-state index in [4.69, 9.17) is 39.5 Å².